The van der Waals surface area contributed by atoms with Crippen LogP contribution in [0.25, 0.3) is 0 Å². The van der Waals surface area contributed by atoms with Crippen molar-refractivity contribution in [2.45, 2.75) is 62.1 Å². The van der Waals surface area contributed by atoms with Gasteiger partial charge in [-0.1, -0.05) is 24.3 Å². The number of nitrogens with zero attached hydrogens (tertiary/aromatic N) is 4. The zero-order valence-corrected chi connectivity index (χ0v) is 22.7. The number of nitriles is 1. The Morgan fingerprint density at radius 3 is 2.47 bits per heavy atom. The first kappa shape index (κ1) is 28.3. The molecule has 0 bridgehead atoms. The van der Waals surface area contributed by atoms with Crippen molar-refractivity contribution < 1.29 is 31.9 Å². The van der Waals surface area contributed by atoms with E-state index in [4.69, 9.17) is 0 Å². The largest absolute Gasteiger partial charge is 0.351 e. The third kappa shape index (κ3) is 4.88. The average Bonchev–Trinajstić information content (AvgIpc) is 3.53. The Morgan fingerprint density at radius 2 is 1.77 bits per heavy atom. The first-order valence-electron chi connectivity index (χ1n) is 13.8. The summed E-state index contributed by atoms with van der Waals surface area (Å²) in [6.45, 7) is 0. The predicted molar refractivity (Wildman–Crippen MR) is 146 cm³/mol. The minimum Gasteiger partial charge on any atom is -0.351 e. The number of carbonyl (C=O) groups excluding carboxylic acids is 3. The summed E-state index contributed by atoms with van der Waals surface area (Å²) >= 11 is 0. The molecule has 2 fully saturated rings. The zero-order valence-electron chi connectivity index (χ0n) is 22.7. The van der Waals surface area contributed by atoms with Crippen molar-refractivity contribution in [2.75, 3.05) is 9.80 Å². The van der Waals surface area contributed by atoms with E-state index in [9.17, 15) is 37.2 Å². The van der Waals surface area contributed by atoms with Crippen molar-refractivity contribution in [2.24, 2.45) is 0 Å². The molecule has 1 saturated heterocycles. The molecule has 2 heterocycles. The number of fused-ring (bicyclic) bond motifs is 1. The summed E-state index contributed by atoms with van der Waals surface area (Å²) in [7, 11) is 0. The monoisotopic (exact) mass is 591 g/mol. The number of rotatable bonds is 6. The zero-order chi connectivity index (χ0) is 30.5. The number of halogens is 4. The van der Waals surface area contributed by atoms with E-state index in [-0.39, 0.29) is 36.3 Å². The highest BCUT2D eigenvalue weighted by molar-refractivity contribution is 6.12. The molecule has 1 aliphatic heterocycles. The van der Waals surface area contributed by atoms with Crippen molar-refractivity contribution in [3.8, 4) is 6.07 Å². The second kappa shape index (κ2) is 10.5. The lowest BCUT2D eigenvalue weighted by Crippen LogP contribution is -2.64. The lowest BCUT2D eigenvalue weighted by molar-refractivity contribution is -0.137. The van der Waals surface area contributed by atoms with E-state index >= 15 is 0 Å². The fourth-order valence-corrected chi connectivity index (χ4v) is 6.41. The molecular formula is C31H25F4N5O3. The Labute approximate surface area is 243 Å². The van der Waals surface area contributed by atoms with Crippen LogP contribution in [0.1, 0.15) is 48.8 Å². The summed E-state index contributed by atoms with van der Waals surface area (Å²) in [5.74, 6) is -6.95. The highest BCUT2D eigenvalue weighted by Crippen LogP contribution is 2.47. The van der Waals surface area contributed by atoms with Crippen LogP contribution in [0.2, 0.25) is 0 Å². The Kier molecular flexibility index (Phi) is 6.91. The van der Waals surface area contributed by atoms with Crippen LogP contribution in [0, 0.1) is 23.0 Å². The number of aromatic nitrogens is 1. The number of hydrogen-bond donors (Lipinski definition) is 1. The molecule has 0 radical (unpaired) electrons. The van der Waals surface area contributed by atoms with Crippen LogP contribution in [0.3, 0.4) is 0 Å². The van der Waals surface area contributed by atoms with Gasteiger partial charge in [-0.3, -0.25) is 24.2 Å². The molecule has 2 aromatic carbocycles. The van der Waals surface area contributed by atoms with Gasteiger partial charge in [0, 0.05) is 37.6 Å². The van der Waals surface area contributed by atoms with Crippen LogP contribution in [0.5, 0.6) is 0 Å². The van der Waals surface area contributed by atoms with Crippen LogP contribution in [-0.4, -0.2) is 40.7 Å². The fourth-order valence-electron chi connectivity index (χ4n) is 6.41. The summed E-state index contributed by atoms with van der Waals surface area (Å²) in [6, 6.07) is 11.9. The number of aryl methyl sites for hydroxylation is 1. The lowest BCUT2D eigenvalue weighted by atomic mass is 9.83. The molecule has 0 spiro atoms. The summed E-state index contributed by atoms with van der Waals surface area (Å²) in [5, 5.41) is 12.0. The minimum atomic E-state index is -2.93. The number of amides is 3. The second-order valence-corrected chi connectivity index (χ2v) is 11.1. The van der Waals surface area contributed by atoms with Crippen LogP contribution in [0.15, 0.2) is 60.8 Å². The van der Waals surface area contributed by atoms with E-state index in [0.717, 1.165) is 21.9 Å². The third-order valence-electron chi connectivity index (χ3n) is 8.35. The Morgan fingerprint density at radius 1 is 1.05 bits per heavy atom. The predicted octanol–water partition coefficient (Wildman–Crippen LogP) is 4.52. The summed E-state index contributed by atoms with van der Waals surface area (Å²) < 4.78 is 56.9. The molecule has 12 heteroatoms. The van der Waals surface area contributed by atoms with Gasteiger partial charge in [-0.25, -0.2) is 22.5 Å². The van der Waals surface area contributed by atoms with Crippen molar-refractivity contribution in [3.63, 3.8) is 0 Å². The van der Waals surface area contributed by atoms with Gasteiger partial charge in [-0.05, 0) is 54.7 Å². The summed E-state index contributed by atoms with van der Waals surface area (Å²) in [5.41, 5.74) is -0.867. The molecule has 8 nitrogen and oxygen atoms in total. The topological polar surface area (TPSA) is 106 Å². The van der Waals surface area contributed by atoms with E-state index in [1.807, 2.05) is 6.07 Å². The van der Waals surface area contributed by atoms with Crippen LogP contribution in [0.4, 0.5) is 29.1 Å². The van der Waals surface area contributed by atoms with Gasteiger partial charge in [-0.2, -0.15) is 5.26 Å². The first-order chi connectivity index (χ1) is 20.5. The van der Waals surface area contributed by atoms with Crippen molar-refractivity contribution in [1.82, 2.24) is 10.3 Å². The molecule has 0 unspecified atom stereocenters. The van der Waals surface area contributed by atoms with Crippen LogP contribution in [-0.2, 0) is 26.3 Å². The SMILES string of the molecule is N#Cc1ccnc(N2C(=O)CC[C@H]2C(=O)N(c2cc(F)cc(F)c2)[C@@]2(C(=O)NC3CC(F)(F)C3)CCc3ccccc32)c1. The molecule has 3 aliphatic rings. The van der Waals surface area contributed by atoms with E-state index in [0.29, 0.717) is 23.6 Å². The Balaban J connectivity index is 1.51. The highest BCUT2D eigenvalue weighted by Gasteiger charge is 2.57. The molecule has 43 heavy (non-hydrogen) atoms. The van der Waals surface area contributed by atoms with Gasteiger partial charge in [-0.15, -0.1) is 0 Å². The molecule has 2 aliphatic carbocycles. The molecule has 2 atom stereocenters. The summed E-state index contributed by atoms with van der Waals surface area (Å²) in [6.07, 6.45) is 0.401. The standard InChI is InChI=1S/C31H25F4N5O3/c32-20-12-21(33)14-23(13-20)40(28(42)25-5-6-27(41)39(25)26-11-18(17-36)8-10-37-26)31(9-7-19-3-1-2-4-24(19)31)29(43)38-22-15-30(34,35)16-22/h1-4,8,10-14,22,25H,5-7,9,15-16H2,(H,38,43)/t25-,31-/m0/s1. The van der Waals surface area contributed by atoms with Crippen molar-refractivity contribution in [3.05, 3.63) is 89.1 Å². The van der Waals surface area contributed by atoms with E-state index in [1.54, 1.807) is 24.3 Å². The van der Waals surface area contributed by atoms with Gasteiger partial charge in [0.1, 0.15) is 23.5 Å². The van der Waals surface area contributed by atoms with Crippen molar-refractivity contribution in [1.29, 1.82) is 5.26 Å². The molecule has 1 saturated carbocycles. The highest BCUT2D eigenvalue weighted by atomic mass is 19.3. The molecular weight excluding hydrogens is 566 g/mol. The third-order valence-corrected chi connectivity index (χ3v) is 8.35. The molecule has 1 N–H and O–H groups in total. The normalized spacial score (nSPS) is 22.4. The van der Waals surface area contributed by atoms with Gasteiger partial charge in [0.05, 0.1) is 17.3 Å². The first-order valence-corrected chi connectivity index (χ1v) is 13.8. The number of hydrogen-bond acceptors (Lipinski definition) is 5. The maximum absolute atomic E-state index is 14.7. The van der Waals surface area contributed by atoms with Gasteiger partial charge in [0.25, 0.3) is 17.7 Å². The number of alkyl halides is 2. The second-order valence-electron chi connectivity index (χ2n) is 11.1. The van der Waals surface area contributed by atoms with Crippen LogP contribution < -0.4 is 15.1 Å². The fraction of sp³-hybridized carbons (Fsp3) is 0.323. The van der Waals surface area contributed by atoms with E-state index in [2.05, 4.69) is 10.3 Å². The maximum atomic E-state index is 14.7. The Hall–Kier alpha value is -4.79. The molecule has 3 amide bonds. The van der Waals surface area contributed by atoms with Crippen LogP contribution >= 0.6 is 0 Å². The van der Waals surface area contributed by atoms with E-state index in [1.165, 1.54) is 18.3 Å². The quantitative estimate of drug-likeness (QED) is 0.425. The van der Waals surface area contributed by atoms with Gasteiger partial charge >= 0.3 is 0 Å². The summed E-state index contributed by atoms with van der Waals surface area (Å²) in [4.78, 5) is 48.4. The van der Waals surface area contributed by atoms with Crippen molar-refractivity contribution >= 4 is 29.2 Å². The lowest BCUT2D eigenvalue weighted by Gasteiger charge is -2.45. The van der Waals surface area contributed by atoms with Gasteiger partial charge in [0.15, 0.2) is 5.54 Å². The maximum Gasteiger partial charge on any atom is 0.252 e. The smallest absolute Gasteiger partial charge is 0.252 e. The number of pyridine rings is 1. The number of nitrogens with one attached hydrogen (secondary N) is 1. The average molecular weight is 592 g/mol. The minimum absolute atomic E-state index is 0.00137. The van der Waals surface area contributed by atoms with Gasteiger partial charge in [0.2, 0.25) is 5.91 Å². The Bertz CT molecular complexity index is 1660. The van der Waals surface area contributed by atoms with Gasteiger partial charge < -0.3 is 5.32 Å². The molecule has 220 valence electrons. The van der Waals surface area contributed by atoms with E-state index < -0.39 is 65.7 Å². The molecule has 3 aromatic rings. The molecule has 6 rings (SSSR count). The number of benzene rings is 2. The number of carbonyl (C=O) groups is 3. The number of anilines is 2. The molecule has 1 aromatic heterocycles.